The van der Waals surface area contributed by atoms with Crippen LogP contribution in [0.5, 0.6) is 0 Å². The number of hydrogen-bond acceptors (Lipinski definition) is 2. The Bertz CT molecular complexity index is 7370. The molecule has 4 aliphatic rings. The summed E-state index contributed by atoms with van der Waals surface area (Å²) in [6, 6.07) is 107. The summed E-state index contributed by atoms with van der Waals surface area (Å²) in [5.41, 5.74) is 31.1. The van der Waals surface area contributed by atoms with Crippen LogP contribution in [0.2, 0.25) is 0 Å². The third kappa shape index (κ3) is 12.0. The highest BCUT2D eigenvalue weighted by Crippen LogP contribution is 2.65. The van der Waals surface area contributed by atoms with Crippen molar-refractivity contribution in [1.29, 1.82) is 0 Å². The zero-order valence-electron chi connectivity index (χ0n) is 79.7. The van der Waals surface area contributed by atoms with Gasteiger partial charge in [-0.3, -0.25) is 0 Å². The molecule has 0 fully saturated rings. The van der Waals surface area contributed by atoms with Crippen LogP contribution in [-0.4, -0.2) is 11.3 Å². The zero-order valence-corrected chi connectivity index (χ0v) is 71.7. The van der Waals surface area contributed by atoms with Gasteiger partial charge in [-0.25, -0.2) is 0 Å². The van der Waals surface area contributed by atoms with E-state index in [1.165, 1.54) is 38.6 Å². The zero-order chi connectivity index (χ0) is 90.1. The molecule has 2 aliphatic carbocycles. The lowest BCUT2D eigenvalue weighted by Crippen LogP contribution is -2.61. The molecule has 0 amide bonds. The molecule has 21 rings (SSSR count). The normalized spacial score (nSPS) is 14.7. The van der Waals surface area contributed by atoms with Gasteiger partial charge in [0.2, 0.25) is 0 Å². The Kier molecular flexibility index (Phi) is 15.2. The number of aromatic nitrogens is 1. The first-order valence-corrected chi connectivity index (χ1v) is 42.8. The molecule has 16 aromatic carbocycles. The summed E-state index contributed by atoms with van der Waals surface area (Å²) >= 11 is 0. The van der Waals surface area contributed by atoms with Crippen molar-refractivity contribution in [2.24, 2.45) is 0 Å². The number of hydrogen-bond donors (Lipinski definition) is 0. The maximum absolute atomic E-state index is 10.4. The van der Waals surface area contributed by atoms with Crippen molar-refractivity contribution in [3.63, 3.8) is 0 Å². The monoisotopic (exact) mass is 1570 g/mol. The van der Waals surface area contributed by atoms with Gasteiger partial charge in [0.15, 0.2) is 0 Å². The molecule has 3 heterocycles. The molecule has 0 bridgehead atoms. The number of anilines is 6. The molecule has 0 saturated heterocycles. The Morgan fingerprint density at radius 2 is 0.719 bits per heavy atom. The SMILES string of the molecule is [2H]c1c([2H])c([2H])c2c(c1[2H])-c1c([2H])c([2H])c([2H])c([2H])c1C21c2ccccc2-c2cccc(-c3ccc4c(c3)B3c5ccc(-n6c7ccc(C(C)(C)C)cc7c7cc(C(C)(C)C)ccc76)cc5N(c5ccc(C(C)(C)C)cc5-c5ccccc5)c5cc(-c6cc(C(C)(C)C)cc(C(C)(C)C)c6)cc(c53)N4c3c(-c4ccccc4)cc(-c4ccccc4)cc3-c3ccccc3)c21. The number of nitrogens with zero attached hydrogens (tertiary/aromatic N) is 3. The highest BCUT2D eigenvalue weighted by atomic mass is 15.2. The van der Waals surface area contributed by atoms with Crippen molar-refractivity contribution in [2.45, 2.75) is 136 Å². The van der Waals surface area contributed by atoms with Crippen molar-refractivity contribution >= 4 is 79.0 Å². The van der Waals surface area contributed by atoms with Crippen molar-refractivity contribution in [2.75, 3.05) is 9.80 Å². The average Bonchev–Trinajstić information content (AvgIpc) is 1.48. The van der Waals surface area contributed by atoms with Crippen LogP contribution < -0.4 is 26.2 Å². The Morgan fingerprint density at radius 3 is 1.27 bits per heavy atom. The van der Waals surface area contributed by atoms with Crippen LogP contribution in [0.4, 0.5) is 34.1 Å². The molecule has 588 valence electrons. The minimum atomic E-state index is -1.70. The molecule has 121 heavy (non-hydrogen) atoms. The summed E-state index contributed by atoms with van der Waals surface area (Å²) in [5, 5.41) is 2.37. The van der Waals surface area contributed by atoms with E-state index in [4.69, 9.17) is 0 Å². The van der Waals surface area contributed by atoms with Gasteiger partial charge >= 0.3 is 0 Å². The van der Waals surface area contributed by atoms with E-state index < -0.39 is 36.3 Å². The molecule has 2 aliphatic heterocycles. The molecular weight excluding hydrogens is 1460 g/mol. The molecule has 0 unspecified atom stereocenters. The van der Waals surface area contributed by atoms with Crippen molar-refractivity contribution in [1.82, 2.24) is 4.57 Å². The Labute approximate surface area is 726 Å². The van der Waals surface area contributed by atoms with Gasteiger partial charge in [-0.1, -0.05) is 371 Å². The van der Waals surface area contributed by atoms with E-state index in [0.29, 0.717) is 11.1 Å². The van der Waals surface area contributed by atoms with Crippen LogP contribution in [0.1, 0.15) is 165 Å². The predicted octanol–water partition coefficient (Wildman–Crippen LogP) is 29.7. The van der Waals surface area contributed by atoms with E-state index >= 15 is 0 Å². The summed E-state index contributed by atoms with van der Waals surface area (Å²) in [6.45, 7) is 34.1. The van der Waals surface area contributed by atoms with Gasteiger partial charge in [0.1, 0.15) is 0 Å². The summed E-state index contributed by atoms with van der Waals surface area (Å²) in [7, 11) is 0. The minimum Gasteiger partial charge on any atom is -0.311 e. The standard InChI is InChI=1S/C117H102BN3/c1-112(2,3)81-52-58-102(92(69-81)74-37-22-17-23-38-74)120-106-72-86(119-103-59-53-82(113(4,5)6)70-95(103)96-71-83(114(7,8)9)54-60-104(96)119)55-56-100(106)118-101-65-77(87-46-34-47-91-90-45-30-33-50-99(90)117(109(87)91)97-48-31-28-43-88(97)89-44-29-32-49-98(89)117)51-57-105(101)121(108-67-80(66-107(120)110(108)118)78-61-84(115(10,11)12)68-85(62-78)116(13,14)15)111-93(75-39-24-18-25-40-75)63-79(73-35-20-16-21-36-73)64-94(111)76-41-26-19-27-42-76/h16-72H,1-15H3/i28D,29D,31D,32D,43D,44D,48D,49D. The fourth-order valence-electron chi connectivity index (χ4n) is 20.1. The molecule has 0 radical (unpaired) electrons. The van der Waals surface area contributed by atoms with Gasteiger partial charge in [-0.2, -0.15) is 0 Å². The Hall–Kier alpha value is -13.0. The lowest BCUT2D eigenvalue weighted by Gasteiger charge is -2.46. The van der Waals surface area contributed by atoms with E-state index in [1.807, 2.05) is 24.3 Å². The van der Waals surface area contributed by atoms with E-state index in [1.54, 1.807) is 0 Å². The third-order valence-electron chi connectivity index (χ3n) is 26.4. The van der Waals surface area contributed by atoms with Crippen LogP contribution in [-0.2, 0) is 32.5 Å². The van der Waals surface area contributed by atoms with Gasteiger partial charge in [0.25, 0.3) is 6.71 Å². The Balaban J connectivity index is 0.958. The molecule has 17 aromatic rings. The van der Waals surface area contributed by atoms with Crippen molar-refractivity contribution < 1.29 is 11.0 Å². The van der Waals surface area contributed by atoms with E-state index in [9.17, 15) is 11.0 Å². The molecule has 1 spiro atoms. The van der Waals surface area contributed by atoms with Crippen LogP contribution >= 0.6 is 0 Å². The highest BCUT2D eigenvalue weighted by molar-refractivity contribution is 7.00. The number of rotatable bonds is 9. The second kappa shape index (κ2) is 27.5. The van der Waals surface area contributed by atoms with E-state index in [2.05, 4.69) is 391 Å². The first-order valence-electron chi connectivity index (χ1n) is 46.8. The van der Waals surface area contributed by atoms with Crippen molar-refractivity contribution in [3.05, 3.63) is 396 Å². The van der Waals surface area contributed by atoms with Gasteiger partial charge in [-0.15, -0.1) is 0 Å². The van der Waals surface area contributed by atoms with Crippen LogP contribution in [0.3, 0.4) is 0 Å². The maximum atomic E-state index is 10.4. The van der Waals surface area contributed by atoms with E-state index in [0.717, 1.165) is 145 Å². The van der Waals surface area contributed by atoms with Crippen molar-refractivity contribution in [3.8, 4) is 94.7 Å². The first kappa shape index (κ1) is 66.8. The molecule has 1 aromatic heterocycles. The summed E-state index contributed by atoms with van der Waals surface area (Å²) in [5.74, 6) is 0. The molecule has 0 atom stereocenters. The van der Waals surface area contributed by atoms with Gasteiger partial charge < -0.3 is 14.4 Å². The van der Waals surface area contributed by atoms with Gasteiger partial charge in [-0.05, 0) is 245 Å². The first-order chi connectivity index (χ1) is 61.5. The van der Waals surface area contributed by atoms with Crippen LogP contribution in [0, 0.1) is 0 Å². The lowest BCUT2D eigenvalue weighted by atomic mass is 9.33. The number of benzene rings is 16. The fraction of sp³-hybridized carbons (Fsp3) is 0.179. The maximum Gasteiger partial charge on any atom is 0.252 e. The molecular formula is C117H102BN3. The topological polar surface area (TPSA) is 11.4 Å². The quantitative estimate of drug-likeness (QED) is 0.133. The lowest BCUT2D eigenvalue weighted by molar-refractivity contribution is 0.569. The summed E-state index contributed by atoms with van der Waals surface area (Å²) in [4.78, 5) is 5.23. The second-order valence-corrected chi connectivity index (χ2v) is 39.0. The molecule has 0 saturated carbocycles. The number of fused-ring (bicyclic) bond motifs is 17. The largest absolute Gasteiger partial charge is 0.311 e. The van der Waals surface area contributed by atoms with Crippen LogP contribution in [0.15, 0.2) is 346 Å². The molecule has 4 heteroatoms. The summed E-state index contributed by atoms with van der Waals surface area (Å²) in [6.07, 6.45) is 0. The second-order valence-electron chi connectivity index (χ2n) is 39.0. The highest BCUT2D eigenvalue weighted by Gasteiger charge is 2.54. The average molecular weight is 1570 g/mol. The predicted molar refractivity (Wildman–Crippen MR) is 517 cm³/mol. The third-order valence-corrected chi connectivity index (χ3v) is 26.4. The molecule has 3 nitrogen and oxygen atoms in total. The minimum absolute atomic E-state index is 0.0722. The van der Waals surface area contributed by atoms with Crippen LogP contribution in [0.25, 0.3) is 117 Å². The smallest absolute Gasteiger partial charge is 0.252 e. The fourth-order valence-corrected chi connectivity index (χ4v) is 20.1. The van der Waals surface area contributed by atoms with Gasteiger partial charge in [0.05, 0.1) is 38.8 Å². The summed E-state index contributed by atoms with van der Waals surface area (Å²) < 4.78 is 81.2. The molecule has 0 N–H and O–H groups in total. The van der Waals surface area contributed by atoms with E-state index in [-0.39, 0.29) is 73.5 Å². The van der Waals surface area contributed by atoms with Gasteiger partial charge in [0, 0.05) is 55.9 Å². The Morgan fingerprint density at radius 1 is 0.264 bits per heavy atom.